The molecule has 2 aliphatic rings. The highest BCUT2D eigenvalue weighted by Crippen LogP contribution is 2.27. The first-order valence-corrected chi connectivity index (χ1v) is 8.21. The van der Waals surface area contributed by atoms with Gasteiger partial charge >= 0.3 is 0 Å². The third kappa shape index (κ3) is 3.41. The number of carbonyl (C=O) groups is 1. The lowest BCUT2D eigenvalue weighted by molar-refractivity contribution is -0.131. The van der Waals surface area contributed by atoms with Gasteiger partial charge in [0.1, 0.15) is 0 Å². The Morgan fingerprint density at radius 2 is 2.23 bits per heavy atom. The molecule has 7 nitrogen and oxygen atoms in total. The molecule has 3 heterocycles. The van der Waals surface area contributed by atoms with Crippen molar-refractivity contribution in [1.29, 1.82) is 0 Å². The van der Waals surface area contributed by atoms with Crippen LogP contribution in [-0.4, -0.2) is 73.9 Å². The maximum Gasteiger partial charge on any atom is 0.236 e. The van der Waals surface area contributed by atoms with Gasteiger partial charge in [0.15, 0.2) is 5.82 Å². The first kappa shape index (κ1) is 15.3. The standard InChI is InChI=1S/C15H26N6O/c1-16-10-15(22)21-6-2-3-12(11-21)13-9-14(19-18-13)20-7-4-17-5-8-20/h9,12,16-17H,2-8,10-11H2,1H3,(H,18,19). The van der Waals surface area contributed by atoms with Gasteiger partial charge in [0.05, 0.1) is 6.54 Å². The van der Waals surface area contributed by atoms with E-state index in [1.54, 1.807) is 0 Å². The van der Waals surface area contributed by atoms with Crippen molar-refractivity contribution in [3.05, 3.63) is 11.8 Å². The highest BCUT2D eigenvalue weighted by molar-refractivity contribution is 5.78. The second-order valence-electron chi connectivity index (χ2n) is 6.13. The molecule has 3 N–H and O–H groups in total. The normalized spacial score (nSPS) is 22.9. The molecule has 0 spiro atoms. The number of amides is 1. The molecule has 0 aromatic carbocycles. The predicted molar refractivity (Wildman–Crippen MR) is 86.2 cm³/mol. The van der Waals surface area contributed by atoms with Crippen LogP contribution in [0, 0.1) is 0 Å². The molecule has 2 aliphatic heterocycles. The smallest absolute Gasteiger partial charge is 0.236 e. The second-order valence-corrected chi connectivity index (χ2v) is 6.13. The minimum Gasteiger partial charge on any atom is -0.353 e. The summed E-state index contributed by atoms with van der Waals surface area (Å²) >= 11 is 0. The highest BCUT2D eigenvalue weighted by Gasteiger charge is 2.26. The van der Waals surface area contributed by atoms with E-state index in [1.807, 2.05) is 11.9 Å². The number of H-pyrrole nitrogens is 1. The van der Waals surface area contributed by atoms with Gasteiger partial charge in [-0.05, 0) is 19.9 Å². The number of aromatic nitrogens is 2. The van der Waals surface area contributed by atoms with E-state index in [9.17, 15) is 4.79 Å². The average Bonchev–Trinajstić information content (AvgIpc) is 3.06. The van der Waals surface area contributed by atoms with E-state index in [0.29, 0.717) is 12.5 Å². The van der Waals surface area contributed by atoms with Crippen LogP contribution in [0.2, 0.25) is 0 Å². The molecule has 122 valence electrons. The quantitative estimate of drug-likeness (QED) is 0.715. The van der Waals surface area contributed by atoms with Crippen LogP contribution in [0.5, 0.6) is 0 Å². The Balaban J connectivity index is 1.63. The van der Waals surface area contributed by atoms with Crippen molar-refractivity contribution in [2.24, 2.45) is 0 Å². The molecule has 1 amide bonds. The summed E-state index contributed by atoms with van der Waals surface area (Å²) in [5.74, 6) is 1.60. The Labute approximate surface area is 131 Å². The third-order valence-corrected chi connectivity index (χ3v) is 4.57. The average molecular weight is 306 g/mol. The number of anilines is 1. The maximum atomic E-state index is 12.0. The molecule has 0 bridgehead atoms. The lowest BCUT2D eigenvalue weighted by Gasteiger charge is -2.32. The molecule has 2 fully saturated rings. The van der Waals surface area contributed by atoms with Gasteiger partial charge in [-0.3, -0.25) is 9.89 Å². The lowest BCUT2D eigenvalue weighted by atomic mass is 9.94. The fourth-order valence-corrected chi connectivity index (χ4v) is 3.31. The molecule has 0 saturated carbocycles. The van der Waals surface area contributed by atoms with Gasteiger partial charge in [-0.2, -0.15) is 5.10 Å². The van der Waals surface area contributed by atoms with Crippen molar-refractivity contribution >= 4 is 11.7 Å². The molecule has 1 aromatic heterocycles. The van der Waals surface area contributed by atoms with E-state index >= 15 is 0 Å². The van der Waals surface area contributed by atoms with Crippen molar-refractivity contribution in [2.45, 2.75) is 18.8 Å². The van der Waals surface area contributed by atoms with Crippen LogP contribution in [0.3, 0.4) is 0 Å². The van der Waals surface area contributed by atoms with E-state index < -0.39 is 0 Å². The summed E-state index contributed by atoms with van der Waals surface area (Å²) < 4.78 is 0. The number of piperazine rings is 1. The van der Waals surface area contributed by atoms with Gasteiger partial charge in [-0.25, -0.2) is 0 Å². The molecule has 1 aromatic rings. The Morgan fingerprint density at radius 3 is 3.00 bits per heavy atom. The van der Waals surface area contributed by atoms with E-state index in [2.05, 4.69) is 31.8 Å². The Bertz CT molecular complexity index is 496. The van der Waals surface area contributed by atoms with Crippen LogP contribution in [0.25, 0.3) is 0 Å². The fraction of sp³-hybridized carbons (Fsp3) is 0.733. The van der Waals surface area contributed by atoms with Crippen molar-refractivity contribution in [1.82, 2.24) is 25.7 Å². The molecular formula is C15H26N6O. The Morgan fingerprint density at radius 1 is 1.41 bits per heavy atom. The summed E-state index contributed by atoms with van der Waals surface area (Å²) in [6.45, 7) is 6.11. The minimum atomic E-state index is 0.189. The molecule has 7 heteroatoms. The monoisotopic (exact) mass is 306 g/mol. The van der Waals surface area contributed by atoms with Crippen molar-refractivity contribution in [2.75, 3.05) is 57.8 Å². The zero-order valence-electron chi connectivity index (χ0n) is 13.3. The van der Waals surface area contributed by atoms with Crippen molar-refractivity contribution in [3.63, 3.8) is 0 Å². The van der Waals surface area contributed by atoms with Gasteiger partial charge in [-0.15, -0.1) is 0 Å². The van der Waals surface area contributed by atoms with Crippen LogP contribution < -0.4 is 15.5 Å². The van der Waals surface area contributed by atoms with Gasteiger partial charge in [0, 0.05) is 56.9 Å². The SMILES string of the molecule is CNCC(=O)N1CCCC(c2cc(N3CCNCC3)n[nH]2)C1. The van der Waals surface area contributed by atoms with Crippen LogP contribution in [0.4, 0.5) is 5.82 Å². The van der Waals surface area contributed by atoms with Crippen molar-refractivity contribution in [3.8, 4) is 0 Å². The van der Waals surface area contributed by atoms with Gasteiger partial charge in [0.2, 0.25) is 5.91 Å². The number of rotatable bonds is 4. The summed E-state index contributed by atoms with van der Waals surface area (Å²) in [6, 6.07) is 2.17. The zero-order chi connectivity index (χ0) is 15.4. The van der Waals surface area contributed by atoms with Crippen LogP contribution >= 0.6 is 0 Å². The number of nitrogens with one attached hydrogen (secondary N) is 3. The fourth-order valence-electron chi connectivity index (χ4n) is 3.31. The Hall–Kier alpha value is -1.60. The summed E-state index contributed by atoms with van der Waals surface area (Å²) in [5, 5.41) is 14.0. The van der Waals surface area contributed by atoms with Gasteiger partial charge < -0.3 is 20.4 Å². The van der Waals surface area contributed by atoms with E-state index in [1.165, 1.54) is 0 Å². The molecule has 22 heavy (non-hydrogen) atoms. The van der Waals surface area contributed by atoms with E-state index in [4.69, 9.17) is 0 Å². The van der Waals surface area contributed by atoms with Crippen LogP contribution in [-0.2, 0) is 4.79 Å². The van der Waals surface area contributed by atoms with Crippen LogP contribution in [0.1, 0.15) is 24.5 Å². The minimum absolute atomic E-state index is 0.189. The number of carbonyl (C=O) groups excluding carboxylic acids is 1. The molecule has 3 rings (SSSR count). The highest BCUT2D eigenvalue weighted by atomic mass is 16.2. The summed E-state index contributed by atoms with van der Waals surface area (Å²) in [7, 11) is 1.81. The summed E-state index contributed by atoms with van der Waals surface area (Å²) in [6.07, 6.45) is 2.18. The number of aromatic amines is 1. The number of piperidine rings is 1. The third-order valence-electron chi connectivity index (χ3n) is 4.57. The maximum absolute atomic E-state index is 12.0. The first-order valence-electron chi connectivity index (χ1n) is 8.21. The first-order chi connectivity index (χ1) is 10.8. The number of likely N-dealkylation sites (tertiary alicyclic amines) is 1. The number of hydrogen-bond acceptors (Lipinski definition) is 5. The number of hydrogen-bond donors (Lipinski definition) is 3. The largest absolute Gasteiger partial charge is 0.353 e. The van der Waals surface area contributed by atoms with E-state index in [0.717, 1.165) is 63.6 Å². The number of likely N-dealkylation sites (N-methyl/N-ethyl adjacent to an activating group) is 1. The topological polar surface area (TPSA) is 76.3 Å². The Kier molecular flexibility index (Phi) is 4.94. The zero-order valence-corrected chi connectivity index (χ0v) is 13.3. The summed E-state index contributed by atoms with van der Waals surface area (Å²) in [4.78, 5) is 16.3. The van der Waals surface area contributed by atoms with Crippen LogP contribution in [0.15, 0.2) is 6.07 Å². The van der Waals surface area contributed by atoms with Crippen molar-refractivity contribution < 1.29 is 4.79 Å². The molecule has 0 aliphatic carbocycles. The molecule has 1 unspecified atom stereocenters. The lowest BCUT2D eigenvalue weighted by Crippen LogP contribution is -2.43. The molecule has 1 atom stereocenters. The van der Waals surface area contributed by atoms with E-state index in [-0.39, 0.29) is 5.91 Å². The summed E-state index contributed by atoms with van der Waals surface area (Å²) in [5.41, 5.74) is 1.16. The van der Waals surface area contributed by atoms with Gasteiger partial charge in [0.25, 0.3) is 0 Å². The molecule has 2 saturated heterocycles. The predicted octanol–water partition coefficient (Wildman–Crippen LogP) is -0.255. The molecular weight excluding hydrogens is 280 g/mol. The van der Waals surface area contributed by atoms with Gasteiger partial charge in [-0.1, -0.05) is 0 Å². The molecule has 0 radical (unpaired) electrons. The number of nitrogens with zero attached hydrogens (tertiary/aromatic N) is 3. The second kappa shape index (κ2) is 7.11.